The van der Waals surface area contributed by atoms with E-state index in [2.05, 4.69) is 28.0 Å². The van der Waals surface area contributed by atoms with Gasteiger partial charge in [0, 0.05) is 37.7 Å². The maximum absolute atomic E-state index is 8.87. The van der Waals surface area contributed by atoms with Crippen molar-refractivity contribution in [2.45, 2.75) is 20.3 Å². The lowest BCUT2D eigenvalue weighted by Gasteiger charge is -2.26. The summed E-state index contributed by atoms with van der Waals surface area (Å²) in [4.78, 5) is 2.51. The Morgan fingerprint density at radius 3 is 2.62 bits per heavy atom. The van der Waals surface area contributed by atoms with Gasteiger partial charge in [0.25, 0.3) is 0 Å². The van der Waals surface area contributed by atoms with Crippen LogP contribution in [0.25, 0.3) is 0 Å². The monoisotopic (exact) mass is 241 g/mol. The standard InChI is InChI=1S/C12H23N3S/c1-12(2,11-13)3-4-14-5-6-15-7-9-16-10-8-15/h14H,3-10H2,1-2H3. The van der Waals surface area contributed by atoms with Gasteiger partial charge in [0.1, 0.15) is 0 Å². The highest BCUT2D eigenvalue weighted by Crippen LogP contribution is 2.16. The first-order chi connectivity index (χ1) is 7.64. The lowest BCUT2D eigenvalue weighted by atomic mass is 9.91. The lowest BCUT2D eigenvalue weighted by molar-refractivity contribution is 0.298. The van der Waals surface area contributed by atoms with Crippen molar-refractivity contribution in [2.75, 3.05) is 44.2 Å². The summed E-state index contributed by atoms with van der Waals surface area (Å²) in [5.74, 6) is 2.56. The summed E-state index contributed by atoms with van der Waals surface area (Å²) >= 11 is 2.05. The van der Waals surface area contributed by atoms with E-state index in [4.69, 9.17) is 5.26 Å². The third kappa shape index (κ3) is 5.74. The number of nitriles is 1. The molecule has 1 fully saturated rings. The fourth-order valence-corrected chi connectivity index (χ4v) is 2.62. The van der Waals surface area contributed by atoms with Crippen LogP contribution >= 0.6 is 11.8 Å². The highest BCUT2D eigenvalue weighted by Gasteiger charge is 2.15. The summed E-state index contributed by atoms with van der Waals surface area (Å²) in [6.07, 6.45) is 0.930. The van der Waals surface area contributed by atoms with Crippen LogP contribution in [0.5, 0.6) is 0 Å². The third-order valence-electron chi connectivity index (χ3n) is 2.94. The lowest BCUT2D eigenvalue weighted by Crippen LogP contribution is -2.38. The smallest absolute Gasteiger partial charge is 0.0684 e. The van der Waals surface area contributed by atoms with Crippen molar-refractivity contribution in [1.82, 2.24) is 10.2 Å². The molecule has 1 rings (SSSR count). The molecule has 0 spiro atoms. The fraction of sp³-hybridized carbons (Fsp3) is 0.917. The van der Waals surface area contributed by atoms with Crippen molar-refractivity contribution < 1.29 is 0 Å². The first-order valence-electron chi connectivity index (χ1n) is 6.06. The Bertz CT molecular complexity index is 229. The van der Waals surface area contributed by atoms with Crippen molar-refractivity contribution in [3.05, 3.63) is 0 Å². The second-order valence-electron chi connectivity index (χ2n) is 4.95. The second-order valence-corrected chi connectivity index (χ2v) is 6.17. The summed E-state index contributed by atoms with van der Waals surface area (Å²) in [5, 5.41) is 12.3. The molecule has 0 aromatic rings. The molecule has 1 aliphatic rings. The van der Waals surface area contributed by atoms with Crippen molar-refractivity contribution in [3.63, 3.8) is 0 Å². The Morgan fingerprint density at radius 1 is 1.31 bits per heavy atom. The van der Waals surface area contributed by atoms with E-state index in [1.807, 2.05) is 13.8 Å². The molecule has 0 atom stereocenters. The van der Waals surface area contributed by atoms with Crippen molar-refractivity contribution in [2.24, 2.45) is 5.41 Å². The van der Waals surface area contributed by atoms with E-state index in [0.717, 1.165) is 26.1 Å². The van der Waals surface area contributed by atoms with E-state index < -0.39 is 0 Å². The number of rotatable bonds is 6. The van der Waals surface area contributed by atoms with Crippen LogP contribution in [-0.4, -0.2) is 49.1 Å². The van der Waals surface area contributed by atoms with Crippen molar-refractivity contribution in [3.8, 4) is 6.07 Å². The minimum absolute atomic E-state index is 0.186. The molecule has 1 N–H and O–H groups in total. The third-order valence-corrected chi connectivity index (χ3v) is 3.88. The zero-order chi connectivity index (χ0) is 11.9. The van der Waals surface area contributed by atoms with Gasteiger partial charge in [0.2, 0.25) is 0 Å². The van der Waals surface area contributed by atoms with Gasteiger partial charge in [-0.15, -0.1) is 0 Å². The van der Waals surface area contributed by atoms with Crippen LogP contribution in [0.15, 0.2) is 0 Å². The van der Waals surface area contributed by atoms with E-state index in [-0.39, 0.29) is 5.41 Å². The first kappa shape index (κ1) is 13.8. The van der Waals surface area contributed by atoms with Gasteiger partial charge in [0.15, 0.2) is 0 Å². The molecular weight excluding hydrogens is 218 g/mol. The number of hydrogen-bond acceptors (Lipinski definition) is 4. The molecule has 0 amide bonds. The van der Waals surface area contributed by atoms with Gasteiger partial charge in [-0.3, -0.25) is 0 Å². The van der Waals surface area contributed by atoms with Crippen molar-refractivity contribution in [1.29, 1.82) is 5.26 Å². The van der Waals surface area contributed by atoms with Crippen LogP contribution in [0, 0.1) is 16.7 Å². The molecule has 0 unspecified atom stereocenters. The summed E-state index contributed by atoms with van der Waals surface area (Å²) in [7, 11) is 0. The van der Waals surface area contributed by atoms with Gasteiger partial charge in [-0.2, -0.15) is 17.0 Å². The largest absolute Gasteiger partial charge is 0.315 e. The Labute approximate surface area is 104 Å². The van der Waals surface area contributed by atoms with E-state index in [9.17, 15) is 0 Å². The molecule has 0 saturated carbocycles. The molecule has 16 heavy (non-hydrogen) atoms. The average molecular weight is 241 g/mol. The van der Waals surface area contributed by atoms with Gasteiger partial charge >= 0.3 is 0 Å². The molecule has 92 valence electrons. The van der Waals surface area contributed by atoms with Gasteiger partial charge in [0.05, 0.1) is 11.5 Å². The van der Waals surface area contributed by atoms with Crippen LogP contribution in [0.1, 0.15) is 20.3 Å². The highest BCUT2D eigenvalue weighted by molar-refractivity contribution is 7.99. The van der Waals surface area contributed by atoms with E-state index in [1.165, 1.54) is 24.6 Å². The minimum atomic E-state index is -0.186. The maximum atomic E-state index is 8.87. The highest BCUT2D eigenvalue weighted by atomic mass is 32.2. The molecule has 0 aromatic carbocycles. The summed E-state index contributed by atoms with van der Waals surface area (Å²) < 4.78 is 0. The molecule has 3 nitrogen and oxygen atoms in total. The van der Waals surface area contributed by atoms with Gasteiger partial charge in [-0.05, 0) is 26.8 Å². The van der Waals surface area contributed by atoms with Crippen LogP contribution in [-0.2, 0) is 0 Å². The van der Waals surface area contributed by atoms with Gasteiger partial charge in [-0.1, -0.05) is 0 Å². The van der Waals surface area contributed by atoms with Crippen molar-refractivity contribution >= 4 is 11.8 Å². The first-order valence-corrected chi connectivity index (χ1v) is 7.22. The average Bonchev–Trinajstić information content (AvgIpc) is 2.30. The zero-order valence-corrected chi connectivity index (χ0v) is 11.3. The Morgan fingerprint density at radius 2 is 2.00 bits per heavy atom. The number of thioether (sulfide) groups is 1. The molecule has 1 aliphatic heterocycles. The van der Waals surface area contributed by atoms with Crippen LogP contribution < -0.4 is 5.32 Å². The quantitative estimate of drug-likeness (QED) is 0.716. The molecule has 1 saturated heterocycles. The molecule has 0 bridgehead atoms. The molecule has 4 heteroatoms. The predicted octanol–water partition coefficient (Wildman–Crippen LogP) is 1.56. The second kappa shape index (κ2) is 7.16. The molecular formula is C12H23N3S. The fourth-order valence-electron chi connectivity index (χ4n) is 1.64. The van der Waals surface area contributed by atoms with Gasteiger partial charge < -0.3 is 10.2 Å². The molecule has 1 heterocycles. The van der Waals surface area contributed by atoms with E-state index in [1.54, 1.807) is 0 Å². The summed E-state index contributed by atoms with van der Waals surface area (Å²) in [6, 6.07) is 2.33. The van der Waals surface area contributed by atoms with Crippen LogP contribution in [0.2, 0.25) is 0 Å². The topological polar surface area (TPSA) is 39.1 Å². The molecule has 0 radical (unpaired) electrons. The van der Waals surface area contributed by atoms with Crippen LogP contribution in [0.4, 0.5) is 0 Å². The Hall–Kier alpha value is -0.240. The number of hydrogen-bond donors (Lipinski definition) is 1. The minimum Gasteiger partial charge on any atom is -0.315 e. The molecule has 0 aliphatic carbocycles. The summed E-state index contributed by atoms with van der Waals surface area (Å²) in [6.45, 7) is 9.60. The normalized spacial score (nSPS) is 18.3. The van der Waals surface area contributed by atoms with E-state index >= 15 is 0 Å². The number of nitrogens with one attached hydrogen (secondary N) is 1. The Balaban J connectivity index is 1.97. The zero-order valence-electron chi connectivity index (χ0n) is 10.5. The van der Waals surface area contributed by atoms with Crippen LogP contribution in [0.3, 0.4) is 0 Å². The predicted molar refractivity (Wildman–Crippen MR) is 70.6 cm³/mol. The van der Waals surface area contributed by atoms with E-state index in [0.29, 0.717) is 0 Å². The maximum Gasteiger partial charge on any atom is 0.0684 e. The number of nitrogens with zero attached hydrogens (tertiary/aromatic N) is 2. The summed E-state index contributed by atoms with van der Waals surface area (Å²) in [5.41, 5.74) is -0.186. The molecule has 0 aromatic heterocycles. The van der Waals surface area contributed by atoms with Gasteiger partial charge in [-0.25, -0.2) is 0 Å². The SMILES string of the molecule is CC(C)(C#N)CCNCCN1CCSCC1. The Kier molecular flexibility index (Phi) is 6.18.